The first kappa shape index (κ1) is 15.8. The molecule has 2 rings (SSSR count). The molecule has 2 N–H and O–H groups in total. The normalized spacial score (nSPS) is 10.4. The van der Waals surface area contributed by atoms with Crippen molar-refractivity contribution in [3.8, 4) is 5.75 Å². The standard InChI is InChI=1S/C16H16ClNO2S/c1-19-15-7-6-11(8-13(15)16(18)21)9-20-10-12-4-2-3-5-14(12)17/h2-8H,9-10H2,1H3,(H2,18,21). The number of methoxy groups -OCH3 is 1. The van der Waals surface area contributed by atoms with Crippen LogP contribution in [0.25, 0.3) is 0 Å². The van der Waals surface area contributed by atoms with Crippen LogP contribution in [0.15, 0.2) is 42.5 Å². The van der Waals surface area contributed by atoms with E-state index >= 15 is 0 Å². The molecule has 0 aliphatic carbocycles. The van der Waals surface area contributed by atoms with Gasteiger partial charge in [0.15, 0.2) is 0 Å². The lowest BCUT2D eigenvalue weighted by Crippen LogP contribution is -2.11. The molecule has 0 bridgehead atoms. The minimum absolute atomic E-state index is 0.305. The van der Waals surface area contributed by atoms with Gasteiger partial charge in [0.1, 0.15) is 10.7 Å². The number of halogens is 1. The van der Waals surface area contributed by atoms with E-state index in [1.54, 1.807) is 7.11 Å². The number of hydrogen-bond donors (Lipinski definition) is 1. The highest BCUT2D eigenvalue weighted by Gasteiger charge is 2.07. The van der Waals surface area contributed by atoms with E-state index in [4.69, 9.17) is 39.0 Å². The number of hydrogen-bond acceptors (Lipinski definition) is 3. The minimum Gasteiger partial charge on any atom is -0.496 e. The maximum absolute atomic E-state index is 6.08. The van der Waals surface area contributed by atoms with Crippen molar-refractivity contribution in [1.82, 2.24) is 0 Å². The van der Waals surface area contributed by atoms with E-state index < -0.39 is 0 Å². The second kappa shape index (κ2) is 7.41. The predicted octanol–water partition coefficient (Wildman–Crippen LogP) is 3.70. The van der Waals surface area contributed by atoms with Crippen molar-refractivity contribution in [2.45, 2.75) is 13.2 Å². The lowest BCUT2D eigenvalue weighted by molar-refractivity contribution is 0.107. The molecule has 0 aliphatic rings. The Morgan fingerprint density at radius 1 is 1.19 bits per heavy atom. The Balaban J connectivity index is 2.02. The lowest BCUT2D eigenvalue weighted by atomic mass is 10.1. The molecule has 0 amide bonds. The average molecular weight is 322 g/mol. The Hall–Kier alpha value is -1.62. The van der Waals surface area contributed by atoms with Crippen LogP contribution in [0.4, 0.5) is 0 Å². The number of benzene rings is 2. The third-order valence-electron chi connectivity index (χ3n) is 3.01. The van der Waals surface area contributed by atoms with Crippen molar-refractivity contribution in [3.05, 3.63) is 64.2 Å². The van der Waals surface area contributed by atoms with Crippen molar-refractivity contribution < 1.29 is 9.47 Å². The first-order chi connectivity index (χ1) is 10.1. The van der Waals surface area contributed by atoms with Crippen LogP contribution in [0.3, 0.4) is 0 Å². The van der Waals surface area contributed by atoms with Crippen molar-refractivity contribution in [3.63, 3.8) is 0 Å². The van der Waals surface area contributed by atoms with Gasteiger partial charge in [0.05, 0.1) is 25.9 Å². The molecule has 21 heavy (non-hydrogen) atoms. The Kier molecular flexibility index (Phi) is 5.56. The average Bonchev–Trinajstić information content (AvgIpc) is 2.49. The van der Waals surface area contributed by atoms with Gasteiger partial charge in [-0.05, 0) is 29.3 Å². The molecule has 0 saturated carbocycles. The van der Waals surface area contributed by atoms with Gasteiger partial charge in [0, 0.05) is 5.02 Å². The van der Waals surface area contributed by atoms with Crippen LogP contribution in [-0.4, -0.2) is 12.1 Å². The predicted molar refractivity (Wildman–Crippen MR) is 88.8 cm³/mol. The molecule has 0 radical (unpaired) electrons. The fourth-order valence-corrected chi connectivity index (χ4v) is 2.28. The topological polar surface area (TPSA) is 44.5 Å². The molecule has 0 unspecified atom stereocenters. The number of nitrogens with two attached hydrogens (primary N) is 1. The number of rotatable bonds is 6. The molecule has 0 atom stereocenters. The van der Waals surface area contributed by atoms with E-state index in [-0.39, 0.29) is 0 Å². The van der Waals surface area contributed by atoms with Crippen LogP contribution in [0.1, 0.15) is 16.7 Å². The van der Waals surface area contributed by atoms with Gasteiger partial charge in [-0.25, -0.2) is 0 Å². The van der Waals surface area contributed by atoms with Gasteiger partial charge in [-0.1, -0.05) is 48.1 Å². The second-order valence-electron chi connectivity index (χ2n) is 4.48. The van der Waals surface area contributed by atoms with Crippen LogP contribution in [-0.2, 0) is 18.0 Å². The summed E-state index contributed by atoms with van der Waals surface area (Å²) in [5.74, 6) is 0.664. The summed E-state index contributed by atoms with van der Waals surface area (Å²) in [6.07, 6.45) is 0. The van der Waals surface area contributed by atoms with Gasteiger partial charge in [0.25, 0.3) is 0 Å². The van der Waals surface area contributed by atoms with Crippen LogP contribution >= 0.6 is 23.8 Å². The van der Waals surface area contributed by atoms with Crippen LogP contribution in [0, 0.1) is 0 Å². The van der Waals surface area contributed by atoms with Crippen LogP contribution in [0.5, 0.6) is 5.75 Å². The zero-order valence-corrected chi connectivity index (χ0v) is 13.2. The SMILES string of the molecule is COc1ccc(COCc2ccccc2Cl)cc1C(N)=S. The molecule has 0 heterocycles. The van der Waals surface area contributed by atoms with E-state index in [0.29, 0.717) is 34.5 Å². The summed E-state index contributed by atoms with van der Waals surface area (Å²) < 4.78 is 10.9. The molecule has 110 valence electrons. The quantitative estimate of drug-likeness (QED) is 0.824. The molecular weight excluding hydrogens is 306 g/mol. The molecule has 0 saturated heterocycles. The first-order valence-electron chi connectivity index (χ1n) is 6.39. The van der Waals surface area contributed by atoms with Gasteiger partial charge in [0.2, 0.25) is 0 Å². The monoisotopic (exact) mass is 321 g/mol. The molecule has 2 aromatic rings. The highest BCUT2D eigenvalue weighted by Crippen LogP contribution is 2.21. The summed E-state index contributed by atoms with van der Waals surface area (Å²) in [5.41, 5.74) is 8.34. The maximum Gasteiger partial charge on any atom is 0.129 e. The Bertz CT molecular complexity index is 646. The zero-order chi connectivity index (χ0) is 15.2. The summed E-state index contributed by atoms with van der Waals surface area (Å²) in [6.45, 7) is 0.902. The molecule has 0 spiro atoms. The molecule has 3 nitrogen and oxygen atoms in total. The zero-order valence-electron chi connectivity index (χ0n) is 11.6. The Labute approximate surface area is 134 Å². The minimum atomic E-state index is 0.305. The second-order valence-corrected chi connectivity index (χ2v) is 5.33. The van der Waals surface area contributed by atoms with Gasteiger partial charge in [-0.15, -0.1) is 0 Å². The molecule has 0 aliphatic heterocycles. The lowest BCUT2D eigenvalue weighted by Gasteiger charge is -2.10. The third-order valence-corrected chi connectivity index (χ3v) is 3.60. The van der Waals surface area contributed by atoms with Crippen molar-refractivity contribution in [2.24, 2.45) is 5.73 Å². The fourth-order valence-electron chi connectivity index (χ4n) is 1.93. The van der Waals surface area contributed by atoms with Crippen molar-refractivity contribution in [2.75, 3.05) is 7.11 Å². The first-order valence-corrected chi connectivity index (χ1v) is 7.18. The largest absolute Gasteiger partial charge is 0.496 e. The molecule has 5 heteroatoms. The highest BCUT2D eigenvalue weighted by atomic mass is 35.5. The van der Waals surface area contributed by atoms with Crippen LogP contribution in [0.2, 0.25) is 5.02 Å². The van der Waals surface area contributed by atoms with E-state index in [1.807, 2.05) is 42.5 Å². The molecule has 0 aromatic heterocycles. The van der Waals surface area contributed by atoms with Gasteiger partial charge in [-0.2, -0.15) is 0 Å². The highest BCUT2D eigenvalue weighted by molar-refractivity contribution is 7.80. The molecular formula is C16H16ClNO2S. The Morgan fingerprint density at radius 2 is 1.95 bits per heavy atom. The van der Waals surface area contributed by atoms with E-state index in [1.165, 1.54) is 0 Å². The third kappa shape index (κ3) is 4.17. The van der Waals surface area contributed by atoms with E-state index in [2.05, 4.69) is 0 Å². The van der Waals surface area contributed by atoms with E-state index in [9.17, 15) is 0 Å². The molecule has 0 fully saturated rings. The number of thiocarbonyl (C=S) groups is 1. The van der Waals surface area contributed by atoms with Gasteiger partial charge < -0.3 is 15.2 Å². The van der Waals surface area contributed by atoms with Crippen molar-refractivity contribution in [1.29, 1.82) is 0 Å². The number of ether oxygens (including phenoxy) is 2. The van der Waals surface area contributed by atoms with Gasteiger partial charge in [-0.3, -0.25) is 0 Å². The van der Waals surface area contributed by atoms with Crippen molar-refractivity contribution >= 4 is 28.8 Å². The van der Waals surface area contributed by atoms with Gasteiger partial charge >= 0.3 is 0 Å². The summed E-state index contributed by atoms with van der Waals surface area (Å²) in [6, 6.07) is 13.3. The van der Waals surface area contributed by atoms with E-state index in [0.717, 1.165) is 11.1 Å². The maximum atomic E-state index is 6.08. The Morgan fingerprint density at radius 3 is 2.62 bits per heavy atom. The fraction of sp³-hybridized carbons (Fsp3) is 0.188. The smallest absolute Gasteiger partial charge is 0.129 e. The molecule has 2 aromatic carbocycles. The summed E-state index contributed by atoms with van der Waals surface area (Å²) in [4.78, 5) is 0.305. The summed E-state index contributed by atoms with van der Waals surface area (Å²) in [5, 5.41) is 0.705. The summed E-state index contributed by atoms with van der Waals surface area (Å²) in [7, 11) is 1.59. The van der Waals surface area contributed by atoms with Crippen LogP contribution < -0.4 is 10.5 Å². The summed E-state index contributed by atoms with van der Waals surface area (Å²) >= 11 is 11.1.